The molecule has 0 N–H and O–H groups in total. The van der Waals surface area contributed by atoms with Crippen molar-refractivity contribution in [1.29, 1.82) is 0 Å². The maximum absolute atomic E-state index is 5.39. The molecule has 0 aromatic rings. The predicted molar refractivity (Wildman–Crippen MR) is 39.7 cm³/mol. The SMILES string of the molecule is C=CC1(CCC)OCCO1. The van der Waals surface area contributed by atoms with Crippen molar-refractivity contribution in [2.45, 2.75) is 25.6 Å². The molecule has 1 aliphatic heterocycles. The predicted octanol–water partition coefficient (Wildman–Crippen LogP) is 1.72. The Morgan fingerprint density at radius 3 is 2.50 bits per heavy atom. The van der Waals surface area contributed by atoms with Crippen molar-refractivity contribution in [3.8, 4) is 0 Å². The second-order valence-electron chi connectivity index (χ2n) is 2.46. The van der Waals surface area contributed by atoms with Crippen LogP contribution in [-0.4, -0.2) is 19.0 Å². The first-order valence-electron chi connectivity index (χ1n) is 3.74. The highest BCUT2D eigenvalue weighted by atomic mass is 16.7. The fourth-order valence-corrected chi connectivity index (χ4v) is 1.18. The standard InChI is InChI=1S/C8H14O2/c1-3-5-8(4-2)9-6-7-10-8/h4H,2-3,5-7H2,1H3. The smallest absolute Gasteiger partial charge is 0.187 e. The van der Waals surface area contributed by atoms with Gasteiger partial charge in [0.15, 0.2) is 5.79 Å². The van der Waals surface area contributed by atoms with E-state index in [1.807, 2.05) is 0 Å². The van der Waals surface area contributed by atoms with E-state index in [1.54, 1.807) is 6.08 Å². The summed E-state index contributed by atoms with van der Waals surface area (Å²) in [5.41, 5.74) is 0. The lowest BCUT2D eigenvalue weighted by Gasteiger charge is -2.21. The van der Waals surface area contributed by atoms with E-state index in [1.165, 1.54) is 0 Å². The normalized spacial score (nSPS) is 22.9. The molecule has 0 bridgehead atoms. The Morgan fingerprint density at radius 2 is 2.10 bits per heavy atom. The fourth-order valence-electron chi connectivity index (χ4n) is 1.18. The molecular formula is C8H14O2. The van der Waals surface area contributed by atoms with Gasteiger partial charge in [0, 0.05) is 6.42 Å². The zero-order valence-corrected chi connectivity index (χ0v) is 6.43. The lowest BCUT2D eigenvalue weighted by atomic mass is 10.1. The van der Waals surface area contributed by atoms with Crippen LogP contribution in [-0.2, 0) is 9.47 Å². The van der Waals surface area contributed by atoms with Crippen LogP contribution in [0.2, 0.25) is 0 Å². The molecule has 0 spiro atoms. The molecule has 0 amide bonds. The maximum atomic E-state index is 5.39. The number of rotatable bonds is 3. The quantitative estimate of drug-likeness (QED) is 0.558. The highest BCUT2D eigenvalue weighted by Crippen LogP contribution is 2.25. The van der Waals surface area contributed by atoms with Gasteiger partial charge >= 0.3 is 0 Å². The van der Waals surface area contributed by atoms with Crippen LogP contribution in [0.15, 0.2) is 12.7 Å². The molecule has 1 heterocycles. The maximum Gasteiger partial charge on any atom is 0.187 e. The summed E-state index contributed by atoms with van der Waals surface area (Å²) in [6.45, 7) is 7.19. The highest BCUT2D eigenvalue weighted by molar-refractivity contribution is 4.91. The summed E-state index contributed by atoms with van der Waals surface area (Å²) < 4.78 is 10.8. The Bertz CT molecular complexity index is 114. The van der Waals surface area contributed by atoms with Crippen molar-refractivity contribution in [2.75, 3.05) is 13.2 Å². The van der Waals surface area contributed by atoms with Crippen LogP contribution in [0.1, 0.15) is 19.8 Å². The van der Waals surface area contributed by atoms with Gasteiger partial charge in [-0.05, 0) is 6.08 Å². The molecule has 0 saturated carbocycles. The minimum atomic E-state index is -0.450. The second-order valence-corrected chi connectivity index (χ2v) is 2.46. The Hall–Kier alpha value is -0.340. The third-order valence-electron chi connectivity index (χ3n) is 1.69. The lowest BCUT2D eigenvalue weighted by Crippen LogP contribution is -2.26. The third kappa shape index (κ3) is 1.39. The van der Waals surface area contributed by atoms with E-state index in [9.17, 15) is 0 Å². The monoisotopic (exact) mass is 142 g/mol. The van der Waals surface area contributed by atoms with Crippen molar-refractivity contribution in [3.05, 3.63) is 12.7 Å². The van der Waals surface area contributed by atoms with Gasteiger partial charge in [0.25, 0.3) is 0 Å². The van der Waals surface area contributed by atoms with Gasteiger partial charge in [-0.3, -0.25) is 0 Å². The molecule has 0 radical (unpaired) electrons. The molecule has 2 heteroatoms. The van der Waals surface area contributed by atoms with Crippen LogP contribution in [0.25, 0.3) is 0 Å². The van der Waals surface area contributed by atoms with Crippen molar-refractivity contribution in [2.24, 2.45) is 0 Å². The van der Waals surface area contributed by atoms with E-state index in [0.29, 0.717) is 13.2 Å². The van der Waals surface area contributed by atoms with Crippen LogP contribution in [0.3, 0.4) is 0 Å². The summed E-state index contributed by atoms with van der Waals surface area (Å²) in [6, 6.07) is 0. The van der Waals surface area contributed by atoms with E-state index in [0.717, 1.165) is 12.8 Å². The molecule has 58 valence electrons. The van der Waals surface area contributed by atoms with E-state index in [2.05, 4.69) is 13.5 Å². The zero-order valence-electron chi connectivity index (χ0n) is 6.43. The van der Waals surface area contributed by atoms with Crippen LogP contribution < -0.4 is 0 Å². The largest absolute Gasteiger partial charge is 0.344 e. The molecule has 2 nitrogen and oxygen atoms in total. The molecule has 1 aliphatic rings. The molecule has 1 rings (SSSR count). The topological polar surface area (TPSA) is 18.5 Å². The summed E-state index contributed by atoms with van der Waals surface area (Å²) in [7, 11) is 0. The number of hydrogen-bond acceptors (Lipinski definition) is 2. The van der Waals surface area contributed by atoms with E-state index in [-0.39, 0.29) is 0 Å². The molecule has 1 saturated heterocycles. The summed E-state index contributed by atoms with van der Waals surface area (Å²) in [5.74, 6) is -0.450. The van der Waals surface area contributed by atoms with E-state index >= 15 is 0 Å². The number of ether oxygens (including phenoxy) is 2. The number of hydrogen-bond donors (Lipinski definition) is 0. The molecule has 0 atom stereocenters. The first kappa shape index (κ1) is 7.76. The first-order valence-corrected chi connectivity index (χ1v) is 3.74. The van der Waals surface area contributed by atoms with Gasteiger partial charge in [-0.2, -0.15) is 0 Å². The summed E-state index contributed by atoms with van der Waals surface area (Å²) in [4.78, 5) is 0. The Kier molecular flexibility index (Phi) is 2.46. The molecule has 0 aromatic heterocycles. The van der Waals surface area contributed by atoms with Crippen molar-refractivity contribution >= 4 is 0 Å². The van der Waals surface area contributed by atoms with Gasteiger partial charge < -0.3 is 9.47 Å². The van der Waals surface area contributed by atoms with Gasteiger partial charge in [0.1, 0.15) is 0 Å². The van der Waals surface area contributed by atoms with Gasteiger partial charge in [-0.25, -0.2) is 0 Å². The van der Waals surface area contributed by atoms with Crippen molar-refractivity contribution in [1.82, 2.24) is 0 Å². The van der Waals surface area contributed by atoms with Gasteiger partial charge in [-0.1, -0.05) is 19.9 Å². The summed E-state index contributed by atoms with van der Waals surface area (Å²) in [5, 5.41) is 0. The zero-order chi connectivity index (χ0) is 7.45. The van der Waals surface area contributed by atoms with E-state index < -0.39 is 5.79 Å². The van der Waals surface area contributed by atoms with Gasteiger partial charge in [0.05, 0.1) is 13.2 Å². The summed E-state index contributed by atoms with van der Waals surface area (Å²) >= 11 is 0. The summed E-state index contributed by atoms with van der Waals surface area (Å²) in [6.07, 6.45) is 3.73. The molecule has 10 heavy (non-hydrogen) atoms. The minimum Gasteiger partial charge on any atom is -0.344 e. The van der Waals surface area contributed by atoms with Gasteiger partial charge in [0.2, 0.25) is 0 Å². The fraction of sp³-hybridized carbons (Fsp3) is 0.750. The van der Waals surface area contributed by atoms with Crippen LogP contribution in [0, 0.1) is 0 Å². The molecule has 0 unspecified atom stereocenters. The van der Waals surface area contributed by atoms with Crippen LogP contribution in [0.4, 0.5) is 0 Å². The van der Waals surface area contributed by atoms with Crippen molar-refractivity contribution in [3.63, 3.8) is 0 Å². The van der Waals surface area contributed by atoms with Crippen molar-refractivity contribution < 1.29 is 9.47 Å². The molecule has 0 aromatic carbocycles. The van der Waals surface area contributed by atoms with Crippen LogP contribution in [0.5, 0.6) is 0 Å². The lowest BCUT2D eigenvalue weighted by molar-refractivity contribution is -0.121. The Morgan fingerprint density at radius 1 is 1.50 bits per heavy atom. The van der Waals surface area contributed by atoms with Gasteiger partial charge in [-0.15, -0.1) is 0 Å². The molecular weight excluding hydrogens is 128 g/mol. The van der Waals surface area contributed by atoms with E-state index in [4.69, 9.17) is 9.47 Å². The second kappa shape index (κ2) is 3.17. The third-order valence-corrected chi connectivity index (χ3v) is 1.69. The minimum absolute atomic E-state index is 0.450. The first-order chi connectivity index (χ1) is 4.83. The Labute approximate surface area is 61.8 Å². The highest BCUT2D eigenvalue weighted by Gasteiger charge is 2.31. The average molecular weight is 142 g/mol. The average Bonchev–Trinajstić information content (AvgIpc) is 2.39. The molecule has 0 aliphatic carbocycles. The Balaban J connectivity index is 2.49. The molecule has 1 fully saturated rings. The van der Waals surface area contributed by atoms with Crippen LogP contribution >= 0.6 is 0 Å².